The fourth-order valence-corrected chi connectivity index (χ4v) is 4.50. The van der Waals surface area contributed by atoms with E-state index in [2.05, 4.69) is 26.9 Å². The number of carbonyl (C=O) groups excluding carboxylic acids is 1. The van der Waals surface area contributed by atoms with E-state index in [0.29, 0.717) is 17.7 Å². The summed E-state index contributed by atoms with van der Waals surface area (Å²) in [7, 11) is -1.79. The lowest BCUT2D eigenvalue weighted by molar-refractivity contribution is 0.0948. The minimum absolute atomic E-state index is 0.0231. The Labute approximate surface area is 183 Å². The number of likely N-dealkylation sites (N-methyl/N-ethyl adjacent to an activating group) is 1. The Morgan fingerprint density at radius 3 is 2.42 bits per heavy atom. The second kappa shape index (κ2) is 10.2. The molecule has 0 atom stereocenters. The number of sulfonamides is 1. The Bertz CT molecular complexity index is 1000. The lowest BCUT2D eigenvalue weighted by Crippen LogP contribution is -2.45. The van der Waals surface area contributed by atoms with Crippen molar-refractivity contribution < 1.29 is 17.6 Å². The molecule has 3 rings (SSSR count). The minimum Gasteiger partial charge on any atom is -0.352 e. The van der Waals surface area contributed by atoms with E-state index in [9.17, 15) is 17.6 Å². The molecule has 0 aliphatic carbocycles. The molecule has 168 valence electrons. The Morgan fingerprint density at radius 2 is 1.74 bits per heavy atom. The molecule has 2 aromatic carbocycles. The number of aryl methyl sites for hydroxylation is 1. The second-order valence-corrected chi connectivity index (χ2v) is 9.53. The first-order chi connectivity index (χ1) is 14.7. The molecule has 31 heavy (non-hydrogen) atoms. The van der Waals surface area contributed by atoms with Crippen LogP contribution < -0.4 is 10.0 Å². The van der Waals surface area contributed by atoms with Crippen LogP contribution >= 0.6 is 0 Å². The minimum atomic E-state index is -3.91. The van der Waals surface area contributed by atoms with Gasteiger partial charge in [-0.05, 0) is 68.9 Å². The zero-order chi connectivity index (χ0) is 22.4. The molecule has 2 aromatic rings. The van der Waals surface area contributed by atoms with Gasteiger partial charge in [-0.3, -0.25) is 9.52 Å². The molecule has 0 spiro atoms. The van der Waals surface area contributed by atoms with Crippen molar-refractivity contribution in [3.05, 3.63) is 59.4 Å². The Hall–Kier alpha value is -2.49. The van der Waals surface area contributed by atoms with E-state index in [1.54, 1.807) is 13.0 Å². The Kier molecular flexibility index (Phi) is 7.64. The highest BCUT2D eigenvalue weighted by Gasteiger charge is 2.19. The normalized spacial score (nSPS) is 15.6. The number of nitrogens with one attached hydrogen (secondary N) is 2. The standard InChI is InChI=1S/C22H29FN4O3S/c1-17-4-9-20(31(29,30)25-19-7-5-18(23)6-8-19)16-21(17)22(28)24-10-3-11-27-14-12-26(2)13-15-27/h4-9,16,25H,3,10-15H2,1-2H3,(H,24,28). The lowest BCUT2D eigenvalue weighted by atomic mass is 10.1. The van der Waals surface area contributed by atoms with Crippen molar-refractivity contribution in [1.82, 2.24) is 15.1 Å². The summed E-state index contributed by atoms with van der Waals surface area (Å²) in [6.07, 6.45) is 0.832. The van der Waals surface area contributed by atoms with Crippen LogP contribution in [0.2, 0.25) is 0 Å². The molecule has 7 nitrogen and oxygen atoms in total. The third kappa shape index (κ3) is 6.49. The zero-order valence-corrected chi connectivity index (χ0v) is 18.7. The largest absolute Gasteiger partial charge is 0.352 e. The van der Waals surface area contributed by atoms with E-state index in [4.69, 9.17) is 0 Å². The predicted molar refractivity (Wildman–Crippen MR) is 119 cm³/mol. The number of rotatable bonds is 8. The van der Waals surface area contributed by atoms with E-state index in [1.165, 1.54) is 36.4 Å². The van der Waals surface area contributed by atoms with Crippen molar-refractivity contribution in [3.8, 4) is 0 Å². The Morgan fingerprint density at radius 1 is 1.06 bits per heavy atom. The van der Waals surface area contributed by atoms with Gasteiger partial charge in [0.15, 0.2) is 0 Å². The van der Waals surface area contributed by atoms with Gasteiger partial charge in [-0.25, -0.2) is 12.8 Å². The predicted octanol–water partition coefficient (Wildman–Crippen LogP) is 2.30. The van der Waals surface area contributed by atoms with Crippen molar-refractivity contribution in [2.75, 3.05) is 51.0 Å². The van der Waals surface area contributed by atoms with Crippen LogP contribution in [0, 0.1) is 12.7 Å². The van der Waals surface area contributed by atoms with Crippen LogP contribution in [0.25, 0.3) is 0 Å². The lowest BCUT2D eigenvalue weighted by Gasteiger charge is -2.32. The smallest absolute Gasteiger partial charge is 0.261 e. The third-order valence-corrected chi connectivity index (χ3v) is 6.77. The van der Waals surface area contributed by atoms with Crippen LogP contribution in [0.1, 0.15) is 22.3 Å². The number of piperazine rings is 1. The number of carbonyl (C=O) groups is 1. The van der Waals surface area contributed by atoms with Crippen molar-refractivity contribution in [2.45, 2.75) is 18.2 Å². The number of benzene rings is 2. The molecule has 1 aliphatic heterocycles. The van der Waals surface area contributed by atoms with Crippen molar-refractivity contribution in [1.29, 1.82) is 0 Å². The average molecular weight is 449 g/mol. The number of nitrogens with zero attached hydrogens (tertiary/aromatic N) is 2. The van der Waals surface area contributed by atoms with Crippen molar-refractivity contribution in [2.24, 2.45) is 0 Å². The van der Waals surface area contributed by atoms with Gasteiger partial charge in [0.1, 0.15) is 5.82 Å². The van der Waals surface area contributed by atoms with Crippen LogP contribution in [0.5, 0.6) is 0 Å². The quantitative estimate of drug-likeness (QED) is 0.606. The van der Waals surface area contributed by atoms with Gasteiger partial charge < -0.3 is 15.1 Å². The molecule has 0 radical (unpaired) electrons. The van der Waals surface area contributed by atoms with Gasteiger partial charge in [0.2, 0.25) is 0 Å². The van der Waals surface area contributed by atoms with Gasteiger partial charge in [-0.15, -0.1) is 0 Å². The van der Waals surface area contributed by atoms with Gasteiger partial charge in [-0.1, -0.05) is 6.07 Å². The number of amides is 1. The average Bonchev–Trinajstić information content (AvgIpc) is 2.74. The molecule has 1 saturated heterocycles. The van der Waals surface area contributed by atoms with E-state index < -0.39 is 15.8 Å². The molecule has 2 N–H and O–H groups in total. The first-order valence-corrected chi connectivity index (χ1v) is 11.8. The molecule has 9 heteroatoms. The van der Waals surface area contributed by atoms with Crippen LogP contribution in [-0.2, 0) is 10.0 Å². The van der Waals surface area contributed by atoms with Crippen LogP contribution in [0.4, 0.5) is 10.1 Å². The van der Waals surface area contributed by atoms with Gasteiger partial charge in [0.05, 0.1) is 4.90 Å². The zero-order valence-electron chi connectivity index (χ0n) is 17.9. The first-order valence-electron chi connectivity index (χ1n) is 10.3. The second-order valence-electron chi connectivity index (χ2n) is 7.84. The number of hydrogen-bond acceptors (Lipinski definition) is 5. The maximum Gasteiger partial charge on any atom is 0.261 e. The van der Waals surface area contributed by atoms with Crippen molar-refractivity contribution >= 4 is 21.6 Å². The fraction of sp³-hybridized carbons (Fsp3) is 0.409. The van der Waals surface area contributed by atoms with Crippen LogP contribution in [0.3, 0.4) is 0 Å². The third-order valence-electron chi connectivity index (χ3n) is 5.39. The molecule has 0 aromatic heterocycles. The van der Waals surface area contributed by atoms with Gasteiger partial charge in [0, 0.05) is 44.0 Å². The van der Waals surface area contributed by atoms with Crippen molar-refractivity contribution in [3.63, 3.8) is 0 Å². The summed E-state index contributed by atoms with van der Waals surface area (Å²) < 4.78 is 40.8. The molecule has 0 bridgehead atoms. The molecule has 0 saturated carbocycles. The summed E-state index contributed by atoms with van der Waals surface area (Å²) in [4.78, 5) is 17.3. The maximum absolute atomic E-state index is 13.1. The summed E-state index contributed by atoms with van der Waals surface area (Å²) in [6, 6.07) is 9.47. The Balaban J connectivity index is 1.59. The van der Waals surface area contributed by atoms with Crippen LogP contribution in [0.15, 0.2) is 47.4 Å². The molecule has 1 aliphatic rings. The highest BCUT2D eigenvalue weighted by molar-refractivity contribution is 7.92. The highest BCUT2D eigenvalue weighted by Crippen LogP contribution is 2.19. The number of anilines is 1. The molecule has 0 unspecified atom stereocenters. The van der Waals surface area contributed by atoms with Gasteiger partial charge in [-0.2, -0.15) is 0 Å². The van der Waals surface area contributed by atoms with E-state index in [-0.39, 0.29) is 16.5 Å². The number of hydrogen-bond donors (Lipinski definition) is 2. The van der Waals surface area contributed by atoms with E-state index in [1.807, 2.05) is 0 Å². The molecular formula is C22H29FN4O3S. The number of halogens is 1. The van der Waals surface area contributed by atoms with Gasteiger partial charge >= 0.3 is 0 Å². The molecule has 1 amide bonds. The summed E-state index contributed by atoms with van der Waals surface area (Å²) in [6.45, 7) is 7.38. The van der Waals surface area contributed by atoms with E-state index in [0.717, 1.165) is 39.1 Å². The topological polar surface area (TPSA) is 81.7 Å². The summed E-state index contributed by atoms with van der Waals surface area (Å²) in [5.74, 6) is -0.750. The van der Waals surface area contributed by atoms with E-state index >= 15 is 0 Å². The molecule has 1 fully saturated rings. The fourth-order valence-electron chi connectivity index (χ4n) is 3.42. The van der Waals surface area contributed by atoms with Gasteiger partial charge in [0.25, 0.3) is 15.9 Å². The first kappa shape index (κ1) is 23.2. The summed E-state index contributed by atoms with van der Waals surface area (Å²) >= 11 is 0. The summed E-state index contributed by atoms with van der Waals surface area (Å²) in [5.41, 5.74) is 1.26. The molecule has 1 heterocycles. The SMILES string of the molecule is Cc1ccc(S(=O)(=O)Nc2ccc(F)cc2)cc1C(=O)NCCCN1CCN(C)CC1. The maximum atomic E-state index is 13.1. The highest BCUT2D eigenvalue weighted by atomic mass is 32.2. The summed E-state index contributed by atoms with van der Waals surface area (Å²) in [5, 5.41) is 2.89. The van der Waals surface area contributed by atoms with Crippen LogP contribution in [-0.4, -0.2) is 70.4 Å². The molecular weight excluding hydrogens is 419 g/mol. The monoisotopic (exact) mass is 448 g/mol.